The van der Waals surface area contributed by atoms with Crippen LogP contribution in [-0.4, -0.2) is 12.9 Å². The van der Waals surface area contributed by atoms with Gasteiger partial charge in [0.25, 0.3) is 0 Å². The quantitative estimate of drug-likeness (QED) is 0.483. The van der Waals surface area contributed by atoms with Crippen LogP contribution in [0.5, 0.6) is 0 Å². The molecule has 0 amide bonds. The lowest BCUT2D eigenvalue weighted by Gasteiger charge is -2.25. The van der Waals surface area contributed by atoms with E-state index in [0.717, 1.165) is 12.2 Å². The number of hydrogen-bond donors (Lipinski definition) is 0. The Morgan fingerprint density at radius 1 is 1.56 bits per heavy atom. The summed E-state index contributed by atoms with van der Waals surface area (Å²) in [7, 11) is 0. The minimum Gasteiger partial charge on any atom is -0.472 e. The van der Waals surface area contributed by atoms with E-state index in [9.17, 15) is 0 Å². The Kier molecular flexibility index (Phi) is 1.06. The summed E-state index contributed by atoms with van der Waals surface area (Å²) in [4.78, 5) is 0. The SMILES string of the molecule is C1=CC2CC(=C1)OCO2. The monoisotopic (exact) mass is 124 g/mol. The highest BCUT2D eigenvalue weighted by molar-refractivity contribution is 5.17. The molecule has 9 heavy (non-hydrogen) atoms. The van der Waals surface area contributed by atoms with Gasteiger partial charge in [-0.2, -0.15) is 0 Å². The molecule has 1 heterocycles. The summed E-state index contributed by atoms with van der Waals surface area (Å²) < 4.78 is 10.3. The fourth-order valence-electron chi connectivity index (χ4n) is 1.04. The summed E-state index contributed by atoms with van der Waals surface area (Å²) in [6, 6.07) is 0. The van der Waals surface area contributed by atoms with E-state index in [1.807, 2.05) is 18.2 Å². The lowest BCUT2D eigenvalue weighted by Crippen LogP contribution is -2.21. The summed E-state index contributed by atoms with van der Waals surface area (Å²) in [6.45, 7) is 0.418. The second-order valence-electron chi connectivity index (χ2n) is 2.19. The van der Waals surface area contributed by atoms with Gasteiger partial charge in [-0.05, 0) is 6.08 Å². The van der Waals surface area contributed by atoms with Gasteiger partial charge in [0.15, 0.2) is 6.79 Å². The Morgan fingerprint density at radius 2 is 2.56 bits per heavy atom. The van der Waals surface area contributed by atoms with Crippen molar-refractivity contribution >= 4 is 0 Å². The third-order valence-corrected chi connectivity index (χ3v) is 1.54. The number of hydrogen-bond acceptors (Lipinski definition) is 2. The average molecular weight is 124 g/mol. The number of fused-ring (bicyclic) bond motifs is 2. The molecule has 2 bridgehead atoms. The van der Waals surface area contributed by atoms with Crippen molar-refractivity contribution in [2.45, 2.75) is 12.5 Å². The molecular weight excluding hydrogens is 116 g/mol. The molecule has 1 saturated heterocycles. The zero-order valence-electron chi connectivity index (χ0n) is 5.04. The molecule has 1 fully saturated rings. The first-order valence-electron chi connectivity index (χ1n) is 3.07. The molecule has 0 radical (unpaired) electrons. The van der Waals surface area contributed by atoms with Crippen molar-refractivity contribution in [3.63, 3.8) is 0 Å². The zero-order valence-corrected chi connectivity index (χ0v) is 5.04. The van der Waals surface area contributed by atoms with Crippen molar-refractivity contribution in [2.24, 2.45) is 0 Å². The minimum atomic E-state index is 0.277. The minimum absolute atomic E-state index is 0.277. The van der Waals surface area contributed by atoms with E-state index < -0.39 is 0 Å². The topological polar surface area (TPSA) is 18.5 Å². The summed E-state index contributed by atoms with van der Waals surface area (Å²) in [5, 5.41) is 0. The normalized spacial score (nSPS) is 31.1. The van der Waals surface area contributed by atoms with E-state index in [2.05, 4.69) is 0 Å². The second-order valence-corrected chi connectivity index (χ2v) is 2.19. The molecule has 48 valence electrons. The van der Waals surface area contributed by atoms with Crippen LogP contribution in [0.2, 0.25) is 0 Å². The highest BCUT2D eigenvalue weighted by atomic mass is 16.7. The van der Waals surface area contributed by atoms with Crippen molar-refractivity contribution in [1.29, 1.82) is 0 Å². The van der Waals surface area contributed by atoms with Crippen LogP contribution >= 0.6 is 0 Å². The Morgan fingerprint density at radius 3 is 3.33 bits per heavy atom. The summed E-state index contributed by atoms with van der Waals surface area (Å²) in [5.41, 5.74) is 0. The lowest BCUT2D eigenvalue weighted by atomic mass is 10.1. The first-order valence-corrected chi connectivity index (χ1v) is 3.07. The van der Waals surface area contributed by atoms with Crippen LogP contribution in [-0.2, 0) is 9.47 Å². The van der Waals surface area contributed by atoms with Crippen LogP contribution in [0.25, 0.3) is 0 Å². The highest BCUT2D eigenvalue weighted by Gasteiger charge is 2.17. The largest absolute Gasteiger partial charge is 0.472 e. The predicted molar refractivity (Wildman–Crippen MR) is 32.7 cm³/mol. The molecule has 2 rings (SSSR count). The molecule has 2 aliphatic rings. The molecule has 2 heteroatoms. The van der Waals surface area contributed by atoms with Gasteiger partial charge in [0.05, 0.1) is 6.10 Å². The van der Waals surface area contributed by atoms with E-state index >= 15 is 0 Å². The van der Waals surface area contributed by atoms with Crippen LogP contribution in [0.4, 0.5) is 0 Å². The number of allylic oxidation sites excluding steroid dienone is 2. The van der Waals surface area contributed by atoms with Crippen LogP contribution in [0.1, 0.15) is 6.42 Å². The molecule has 0 aromatic carbocycles. The zero-order chi connectivity index (χ0) is 6.10. The molecule has 1 aliphatic heterocycles. The van der Waals surface area contributed by atoms with Crippen LogP contribution < -0.4 is 0 Å². The Labute approximate surface area is 53.8 Å². The maximum atomic E-state index is 5.20. The molecule has 0 aromatic heterocycles. The van der Waals surface area contributed by atoms with Gasteiger partial charge in [0.1, 0.15) is 5.76 Å². The first-order chi connectivity index (χ1) is 4.45. The van der Waals surface area contributed by atoms with Gasteiger partial charge in [-0.25, -0.2) is 0 Å². The van der Waals surface area contributed by atoms with Crippen molar-refractivity contribution in [2.75, 3.05) is 6.79 Å². The molecule has 0 saturated carbocycles. The Hall–Kier alpha value is -0.760. The molecule has 0 N–H and O–H groups in total. The molecular formula is C7H8O2. The van der Waals surface area contributed by atoms with Crippen LogP contribution in [0.3, 0.4) is 0 Å². The van der Waals surface area contributed by atoms with Gasteiger partial charge in [-0.3, -0.25) is 0 Å². The third-order valence-electron chi connectivity index (χ3n) is 1.54. The standard InChI is InChI=1S/C7H8O2/c1-2-6-4-7(3-1)9-5-8-6/h1-3,6H,4-5H2. The van der Waals surface area contributed by atoms with Gasteiger partial charge < -0.3 is 9.47 Å². The van der Waals surface area contributed by atoms with Crippen molar-refractivity contribution in [3.8, 4) is 0 Å². The van der Waals surface area contributed by atoms with Gasteiger partial charge in [0, 0.05) is 6.42 Å². The smallest absolute Gasteiger partial charge is 0.189 e. The van der Waals surface area contributed by atoms with Gasteiger partial charge >= 0.3 is 0 Å². The van der Waals surface area contributed by atoms with Gasteiger partial charge in [-0.1, -0.05) is 12.2 Å². The first kappa shape index (κ1) is 5.06. The third kappa shape index (κ3) is 0.856. The maximum Gasteiger partial charge on any atom is 0.189 e. The van der Waals surface area contributed by atoms with Crippen LogP contribution in [0, 0.1) is 0 Å². The van der Waals surface area contributed by atoms with E-state index in [0.29, 0.717) is 6.79 Å². The Bertz CT molecular complexity index is 170. The van der Waals surface area contributed by atoms with E-state index in [-0.39, 0.29) is 6.10 Å². The van der Waals surface area contributed by atoms with E-state index in [1.54, 1.807) is 0 Å². The molecule has 0 aromatic rings. The predicted octanol–water partition coefficient (Wildman–Crippen LogP) is 1.20. The van der Waals surface area contributed by atoms with E-state index in [1.165, 1.54) is 0 Å². The van der Waals surface area contributed by atoms with Gasteiger partial charge in [0.2, 0.25) is 0 Å². The summed E-state index contributed by atoms with van der Waals surface area (Å²) in [5.74, 6) is 1.05. The Balaban J connectivity index is 2.22. The van der Waals surface area contributed by atoms with Crippen LogP contribution in [0.15, 0.2) is 24.0 Å². The summed E-state index contributed by atoms with van der Waals surface area (Å²) in [6.07, 6.45) is 7.20. The lowest BCUT2D eigenvalue weighted by molar-refractivity contribution is -0.0905. The maximum absolute atomic E-state index is 5.20. The molecule has 0 spiro atoms. The molecule has 1 aliphatic carbocycles. The number of rotatable bonds is 0. The number of ether oxygens (including phenoxy) is 2. The second kappa shape index (κ2) is 1.88. The van der Waals surface area contributed by atoms with Crippen molar-refractivity contribution < 1.29 is 9.47 Å². The molecule has 1 unspecified atom stereocenters. The van der Waals surface area contributed by atoms with Crippen molar-refractivity contribution in [1.82, 2.24) is 0 Å². The summed E-state index contributed by atoms with van der Waals surface area (Å²) >= 11 is 0. The van der Waals surface area contributed by atoms with Crippen molar-refractivity contribution in [3.05, 3.63) is 24.0 Å². The van der Waals surface area contributed by atoms with E-state index in [4.69, 9.17) is 9.47 Å². The fourth-order valence-corrected chi connectivity index (χ4v) is 1.04. The fraction of sp³-hybridized carbons (Fsp3) is 0.429. The van der Waals surface area contributed by atoms with Gasteiger partial charge in [-0.15, -0.1) is 0 Å². The average Bonchev–Trinajstić information content (AvgIpc) is 1.88. The molecule has 1 atom stereocenters. The molecule has 2 nitrogen and oxygen atoms in total. The highest BCUT2D eigenvalue weighted by Crippen LogP contribution is 2.20.